The van der Waals surface area contributed by atoms with Crippen LogP contribution in [-0.2, 0) is 0 Å². The van der Waals surface area contributed by atoms with Gasteiger partial charge in [-0.05, 0) is 24.6 Å². The van der Waals surface area contributed by atoms with Crippen molar-refractivity contribution < 1.29 is 9.90 Å². The second-order valence-corrected chi connectivity index (χ2v) is 2.81. The first-order chi connectivity index (χ1) is 6.06. The van der Waals surface area contributed by atoms with Crippen LogP contribution in [0.25, 0.3) is 0 Å². The Morgan fingerprint density at radius 2 is 2.15 bits per heavy atom. The number of hydrogen-bond acceptors (Lipinski definition) is 3. The second-order valence-electron chi connectivity index (χ2n) is 2.81. The van der Waals surface area contributed by atoms with Gasteiger partial charge in [0.2, 0.25) is 0 Å². The number of rotatable bonds is 2. The fourth-order valence-electron chi connectivity index (χ4n) is 1.13. The Balaban J connectivity index is 3.30. The summed E-state index contributed by atoms with van der Waals surface area (Å²) in [5, 5.41) is 11.6. The first kappa shape index (κ1) is 9.38. The minimum Gasteiger partial charge on any atom is -0.478 e. The van der Waals surface area contributed by atoms with Crippen LogP contribution in [0.1, 0.15) is 15.9 Å². The van der Waals surface area contributed by atoms with Gasteiger partial charge in [0.1, 0.15) is 0 Å². The third kappa shape index (κ3) is 1.72. The molecule has 0 saturated carbocycles. The molecular formula is C9H12N2O2. The number of nitrogens with two attached hydrogens (primary N) is 1. The summed E-state index contributed by atoms with van der Waals surface area (Å²) in [6, 6.07) is 3.07. The highest BCUT2D eigenvalue weighted by Crippen LogP contribution is 2.23. The molecule has 1 rings (SSSR count). The Morgan fingerprint density at radius 1 is 1.54 bits per heavy atom. The van der Waals surface area contributed by atoms with Crippen LogP contribution in [0, 0.1) is 6.92 Å². The van der Waals surface area contributed by atoms with E-state index in [-0.39, 0.29) is 5.56 Å². The fraction of sp³-hybridized carbons (Fsp3) is 0.222. The summed E-state index contributed by atoms with van der Waals surface area (Å²) in [5.74, 6) is -0.945. The highest BCUT2D eigenvalue weighted by molar-refractivity contribution is 5.91. The van der Waals surface area contributed by atoms with Gasteiger partial charge in [0.05, 0.1) is 16.9 Å². The standard InChI is InChI=1S/C9H12N2O2/c1-5-3-6(9(12)13)4-7(11-2)8(5)10/h3-4,11H,10H2,1-2H3,(H,12,13). The van der Waals surface area contributed by atoms with Crippen LogP contribution >= 0.6 is 0 Å². The predicted molar refractivity (Wildman–Crippen MR) is 52.1 cm³/mol. The Hall–Kier alpha value is -1.71. The van der Waals surface area contributed by atoms with Gasteiger partial charge in [-0.1, -0.05) is 0 Å². The first-order valence-corrected chi connectivity index (χ1v) is 3.87. The van der Waals surface area contributed by atoms with Gasteiger partial charge in [-0.2, -0.15) is 0 Å². The largest absolute Gasteiger partial charge is 0.478 e. The maximum atomic E-state index is 10.7. The number of carboxylic acid groups (broad SMARTS) is 1. The van der Waals surface area contributed by atoms with Crippen LogP contribution in [0.4, 0.5) is 11.4 Å². The Morgan fingerprint density at radius 3 is 2.62 bits per heavy atom. The number of carboxylic acids is 1. The van der Waals surface area contributed by atoms with Gasteiger partial charge in [0, 0.05) is 7.05 Å². The molecule has 0 radical (unpaired) electrons. The molecule has 4 nitrogen and oxygen atoms in total. The molecule has 0 heterocycles. The second kappa shape index (κ2) is 3.35. The van der Waals surface area contributed by atoms with Crippen LogP contribution in [-0.4, -0.2) is 18.1 Å². The SMILES string of the molecule is CNc1cc(C(=O)O)cc(C)c1N. The average molecular weight is 180 g/mol. The third-order valence-electron chi connectivity index (χ3n) is 1.90. The summed E-state index contributed by atoms with van der Waals surface area (Å²) in [6.45, 7) is 1.78. The molecule has 0 atom stereocenters. The van der Waals surface area contributed by atoms with Crippen molar-refractivity contribution in [1.29, 1.82) is 0 Å². The molecule has 70 valence electrons. The quantitative estimate of drug-likeness (QED) is 0.600. The molecule has 0 fully saturated rings. The lowest BCUT2D eigenvalue weighted by molar-refractivity contribution is 0.0697. The van der Waals surface area contributed by atoms with Gasteiger partial charge in [-0.25, -0.2) is 4.79 Å². The van der Waals surface area contributed by atoms with E-state index in [0.717, 1.165) is 5.56 Å². The maximum absolute atomic E-state index is 10.7. The van der Waals surface area contributed by atoms with Gasteiger partial charge < -0.3 is 16.2 Å². The summed E-state index contributed by atoms with van der Waals surface area (Å²) in [4.78, 5) is 10.7. The van der Waals surface area contributed by atoms with E-state index in [9.17, 15) is 4.79 Å². The zero-order valence-corrected chi connectivity index (χ0v) is 7.59. The van der Waals surface area contributed by atoms with Crippen LogP contribution in [0.2, 0.25) is 0 Å². The van der Waals surface area contributed by atoms with E-state index in [1.807, 2.05) is 0 Å². The number of hydrogen-bond donors (Lipinski definition) is 3. The van der Waals surface area contributed by atoms with E-state index < -0.39 is 5.97 Å². The molecule has 4 heteroatoms. The molecule has 0 aliphatic heterocycles. The number of carbonyl (C=O) groups is 1. The number of nitrogen functional groups attached to an aromatic ring is 1. The monoisotopic (exact) mass is 180 g/mol. The lowest BCUT2D eigenvalue weighted by Gasteiger charge is -2.08. The smallest absolute Gasteiger partial charge is 0.335 e. The van der Waals surface area contributed by atoms with E-state index in [0.29, 0.717) is 11.4 Å². The normalized spacial score (nSPS) is 9.69. The molecule has 4 N–H and O–H groups in total. The molecule has 0 spiro atoms. The fourth-order valence-corrected chi connectivity index (χ4v) is 1.13. The van der Waals surface area contributed by atoms with Crippen molar-refractivity contribution in [2.75, 3.05) is 18.1 Å². The van der Waals surface area contributed by atoms with Crippen molar-refractivity contribution in [1.82, 2.24) is 0 Å². The molecule has 1 aromatic carbocycles. The minimum absolute atomic E-state index is 0.246. The molecular weight excluding hydrogens is 168 g/mol. The summed E-state index contributed by atoms with van der Waals surface area (Å²) >= 11 is 0. The summed E-state index contributed by atoms with van der Waals surface area (Å²) < 4.78 is 0. The van der Waals surface area contributed by atoms with Crippen LogP contribution < -0.4 is 11.1 Å². The van der Waals surface area contributed by atoms with E-state index in [4.69, 9.17) is 10.8 Å². The topological polar surface area (TPSA) is 75.3 Å². The molecule has 1 aromatic rings. The highest BCUT2D eigenvalue weighted by Gasteiger charge is 2.08. The van der Waals surface area contributed by atoms with Gasteiger partial charge in [-0.15, -0.1) is 0 Å². The Bertz CT molecular complexity index is 348. The van der Waals surface area contributed by atoms with E-state index in [1.165, 1.54) is 6.07 Å². The zero-order chi connectivity index (χ0) is 10.0. The average Bonchev–Trinajstić information content (AvgIpc) is 2.09. The van der Waals surface area contributed by atoms with E-state index in [1.54, 1.807) is 20.0 Å². The zero-order valence-electron chi connectivity index (χ0n) is 7.59. The van der Waals surface area contributed by atoms with Crippen molar-refractivity contribution in [3.8, 4) is 0 Å². The molecule has 0 amide bonds. The Labute approximate surface area is 76.4 Å². The summed E-state index contributed by atoms with van der Waals surface area (Å²) in [7, 11) is 1.71. The molecule has 0 aliphatic rings. The summed E-state index contributed by atoms with van der Waals surface area (Å²) in [5.41, 5.74) is 7.96. The maximum Gasteiger partial charge on any atom is 0.335 e. The van der Waals surface area contributed by atoms with Crippen LogP contribution in [0.5, 0.6) is 0 Å². The highest BCUT2D eigenvalue weighted by atomic mass is 16.4. The lowest BCUT2D eigenvalue weighted by atomic mass is 10.1. The van der Waals surface area contributed by atoms with E-state index >= 15 is 0 Å². The van der Waals surface area contributed by atoms with Crippen molar-refractivity contribution >= 4 is 17.3 Å². The molecule has 0 saturated heterocycles. The van der Waals surface area contributed by atoms with Crippen LogP contribution in [0.3, 0.4) is 0 Å². The van der Waals surface area contributed by atoms with Crippen LogP contribution in [0.15, 0.2) is 12.1 Å². The van der Waals surface area contributed by atoms with E-state index in [2.05, 4.69) is 5.32 Å². The molecule has 0 aromatic heterocycles. The third-order valence-corrected chi connectivity index (χ3v) is 1.90. The summed E-state index contributed by atoms with van der Waals surface area (Å²) in [6.07, 6.45) is 0. The van der Waals surface area contributed by atoms with Gasteiger partial charge >= 0.3 is 5.97 Å². The molecule has 0 aliphatic carbocycles. The minimum atomic E-state index is -0.945. The number of benzene rings is 1. The molecule has 0 bridgehead atoms. The van der Waals surface area contributed by atoms with Gasteiger partial charge in [0.25, 0.3) is 0 Å². The number of nitrogens with one attached hydrogen (secondary N) is 1. The molecule has 0 unspecified atom stereocenters. The van der Waals surface area contributed by atoms with Gasteiger partial charge in [-0.3, -0.25) is 0 Å². The molecule has 13 heavy (non-hydrogen) atoms. The van der Waals surface area contributed by atoms with Crippen molar-refractivity contribution in [2.45, 2.75) is 6.92 Å². The number of anilines is 2. The van der Waals surface area contributed by atoms with Crippen molar-refractivity contribution in [3.63, 3.8) is 0 Å². The Kier molecular flexibility index (Phi) is 2.41. The first-order valence-electron chi connectivity index (χ1n) is 3.87. The number of aromatic carboxylic acids is 1. The van der Waals surface area contributed by atoms with Crippen molar-refractivity contribution in [2.24, 2.45) is 0 Å². The lowest BCUT2D eigenvalue weighted by Crippen LogP contribution is -2.03. The number of aryl methyl sites for hydroxylation is 1. The predicted octanol–water partition coefficient (Wildman–Crippen LogP) is 1.32. The van der Waals surface area contributed by atoms with Gasteiger partial charge in [0.15, 0.2) is 0 Å². The van der Waals surface area contributed by atoms with Crippen molar-refractivity contribution in [3.05, 3.63) is 23.3 Å².